The molecule has 0 atom stereocenters. The molecule has 1 aliphatic rings. The Hall–Kier alpha value is -0.130. The summed E-state index contributed by atoms with van der Waals surface area (Å²) in [6, 6.07) is 0. The van der Waals surface area contributed by atoms with E-state index in [1.54, 1.807) is 0 Å². The van der Waals surface area contributed by atoms with Gasteiger partial charge in [0.15, 0.2) is 0 Å². The number of likely N-dealkylation sites (tertiary alicyclic amines) is 1. The highest BCUT2D eigenvalue weighted by Gasteiger charge is 2.25. The highest BCUT2D eigenvalue weighted by Crippen LogP contribution is 2.17. The van der Waals surface area contributed by atoms with E-state index in [-0.39, 0.29) is 0 Å². The van der Waals surface area contributed by atoms with Crippen LogP contribution in [0.4, 0.5) is 0 Å². The van der Waals surface area contributed by atoms with Crippen molar-refractivity contribution in [3.8, 4) is 0 Å². The van der Waals surface area contributed by atoms with Crippen LogP contribution in [0, 0.1) is 0 Å². The smallest absolute Gasteiger partial charge is 0.0916 e. The summed E-state index contributed by atoms with van der Waals surface area (Å²) in [7, 11) is -1.50. The van der Waals surface area contributed by atoms with E-state index in [0.29, 0.717) is 6.26 Å². The first-order valence-corrected chi connectivity index (χ1v) is 7.83. The fourth-order valence-electron chi connectivity index (χ4n) is 2.07. The van der Waals surface area contributed by atoms with Crippen molar-refractivity contribution < 1.29 is 17.5 Å². The molecule has 1 fully saturated rings. The van der Waals surface area contributed by atoms with Crippen molar-refractivity contribution in [3.63, 3.8) is 0 Å². The maximum Gasteiger partial charge on any atom is 0.0916 e. The zero-order valence-electron chi connectivity index (χ0n) is 10.7. The van der Waals surface area contributed by atoms with Gasteiger partial charge < -0.3 is 9.04 Å². The van der Waals surface area contributed by atoms with Crippen LogP contribution in [0.3, 0.4) is 0 Å². The van der Waals surface area contributed by atoms with Crippen LogP contribution in [-0.4, -0.2) is 50.4 Å². The molecule has 0 aromatic heterocycles. The van der Waals surface area contributed by atoms with Crippen molar-refractivity contribution in [1.82, 2.24) is 0 Å². The maximum atomic E-state index is 9.08. The topological polar surface area (TPSA) is 57.2 Å². The highest BCUT2D eigenvalue weighted by molar-refractivity contribution is 7.84. The van der Waals surface area contributed by atoms with Crippen LogP contribution < -0.4 is 0 Å². The summed E-state index contributed by atoms with van der Waals surface area (Å²) >= 11 is 0. The Morgan fingerprint density at radius 1 is 1.19 bits per heavy atom. The molecule has 0 radical (unpaired) electrons. The molecular formula is C11H25NO3S. The lowest BCUT2D eigenvalue weighted by Crippen LogP contribution is -2.41. The molecule has 16 heavy (non-hydrogen) atoms. The average Bonchev–Trinajstić information content (AvgIpc) is 2.50. The second kappa shape index (κ2) is 7.25. The van der Waals surface area contributed by atoms with Crippen molar-refractivity contribution in [2.24, 2.45) is 0 Å². The molecule has 0 aromatic rings. The van der Waals surface area contributed by atoms with Gasteiger partial charge in [-0.3, -0.25) is 0 Å². The minimum atomic E-state index is -3.92. The van der Waals surface area contributed by atoms with Crippen LogP contribution >= 0.6 is 0 Å². The number of hydrogen-bond donors (Lipinski definition) is 0. The van der Waals surface area contributed by atoms with Gasteiger partial charge in [-0.05, 0) is 12.8 Å². The zero-order valence-corrected chi connectivity index (χ0v) is 11.6. The predicted octanol–water partition coefficient (Wildman–Crippen LogP) is 1.58. The quantitative estimate of drug-likeness (QED) is 0.433. The van der Waals surface area contributed by atoms with E-state index in [2.05, 4.69) is 14.0 Å². The lowest BCUT2D eigenvalue weighted by Gasteiger charge is -2.28. The summed E-state index contributed by atoms with van der Waals surface area (Å²) in [6.07, 6.45) is 7.75. The molecule has 1 heterocycles. The first-order valence-electron chi connectivity index (χ1n) is 6.01. The van der Waals surface area contributed by atoms with Crippen molar-refractivity contribution in [2.45, 2.75) is 39.0 Å². The Kier molecular flexibility index (Phi) is 7.19. The molecule has 0 amide bonds. The van der Waals surface area contributed by atoms with Gasteiger partial charge in [0.1, 0.15) is 0 Å². The van der Waals surface area contributed by atoms with E-state index in [1.165, 1.54) is 56.2 Å². The fourth-order valence-corrected chi connectivity index (χ4v) is 2.07. The first-order chi connectivity index (χ1) is 7.27. The molecule has 0 bridgehead atoms. The number of hydrogen-bond acceptors (Lipinski definition) is 3. The van der Waals surface area contributed by atoms with Crippen LogP contribution in [0.25, 0.3) is 0 Å². The summed E-state index contributed by atoms with van der Waals surface area (Å²) < 4.78 is 28.6. The Labute approximate surface area is 100.0 Å². The Bertz CT molecular complexity index is 261. The summed E-state index contributed by atoms with van der Waals surface area (Å²) in [5.41, 5.74) is 0. The number of rotatable bonds is 4. The predicted molar refractivity (Wildman–Crippen MR) is 65.2 cm³/mol. The van der Waals surface area contributed by atoms with Gasteiger partial charge in [0.25, 0.3) is 0 Å². The lowest BCUT2D eigenvalue weighted by molar-refractivity contribution is -0.897. The van der Waals surface area contributed by atoms with Gasteiger partial charge in [0, 0.05) is 19.1 Å². The normalized spacial score (nSPS) is 19.0. The Balaban J connectivity index is 0.000000385. The van der Waals surface area contributed by atoms with Gasteiger partial charge in [0.2, 0.25) is 0 Å². The highest BCUT2D eigenvalue weighted by atomic mass is 32.2. The standard InChI is InChI=1S/C10H22N.CH4O3S/c1-3-4-5-8-11(2)9-6-7-10-11;1-5(2,3)4/h3-10H2,1-2H3;1H3,(H,2,3,4)/q+1;/p-1. The number of quaternary nitrogens is 1. The first kappa shape index (κ1) is 15.9. The van der Waals surface area contributed by atoms with Crippen molar-refractivity contribution >= 4 is 10.1 Å². The van der Waals surface area contributed by atoms with Crippen LogP contribution in [0.2, 0.25) is 0 Å². The molecule has 98 valence electrons. The van der Waals surface area contributed by atoms with E-state index >= 15 is 0 Å². The Morgan fingerprint density at radius 3 is 2.00 bits per heavy atom. The summed E-state index contributed by atoms with van der Waals surface area (Å²) in [4.78, 5) is 0. The molecule has 1 rings (SSSR count). The minimum Gasteiger partial charge on any atom is -0.748 e. The van der Waals surface area contributed by atoms with Gasteiger partial charge in [-0.1, -0.05) is 13.3 Å². The molecule has 4 nitrogen and oxygen atoms in total. The summed E-state index contributed by atoms with van der Waals surface area (Å²) in [6.45, 7) is 6.57. The third kappa shape index (κ3) is 10.4. The minimum absolute atomic E-state index is 0.604. The molecule has 5 heteroatoms. The number of unbranched alkanes of at least 4 members (excludes halogenated alkanes) is 2. The number of nitrogens with zero attached hydrogens (tertiary/aromatic N) is 1. The second-order valence-electron chi connectivity index (χ2n) is 4.91. The molecule has 0 spiro atoms. The van der Waals surface area contributed by atoms with Gasteiger partial charge in [-0.15, -0.1) is 0 Å². The van der Waals surface area contributed by atoms with Crippen LogP contribution in [-0.2, 0) is 10.1 Å². The van der Waals surface area contributed by atoms with Crippen molar-refractivity contribution in [3.05, 3.63) is 0 Å². The zero-order chi connectivity index (χ0) is 12.7. The molecule has 0 saturated carbocycles. The molecule has 1 aliphatic heterocycles. The monoisotopic (exact) mass is 251 g/mol. The SMILES string of the molecule is CCCCC[N+]1(C)CCCC1.CS(=O)(=O)[O-]. The van der Waals surface area contributed by atoms with E-state index in [4.69, 9.17) is 13.0 Å². The van der Waals surface area contributed by atoms with E-state index in [9.17, 15) is 0 Å². The fraction of sp³-hybridized carbons (Fsp3) is 1.00. The van der Waals surface area contributed by atoms with E-state index in [1.807, 2.05) is 0 Å². The largest absolute Gasteiger partial charge is 0.748 e. The average molecular weight is 251 g/mol. The molecule has 0 aromatic carbocycles. The van der Waals surface area contributed by atoms with Crippen LogP contribution in [0.15, 0.2) is 0 Å². The maximum absolute atomic E-state index is 9.08. The van der Waals surface area contributed by atoms with Crippen LogP contribution in [0.1, 0.15) is 39.0 Å². The third-order valence-electron chi connectivity index (χ3n) is 2.95. The third-order valence-corrected chi connectivity index (χ3v) is 2.95. The molecular weight excluding hydrogens is 226 g/mol. The van der Waals surface area contributed by atoms with Crippen LogP contribution in [0.5, 0.6) is 0 Å². The summed E-state index contributed by atoms with van der Waals surface area (Å²) in [5.74, 6) is 0. The lowest BCUT2D eigenvalue weighted by atomic mass is 10.2. The van der Waals surface area contributed by atoms with E-state index in [0.717, 1.165) is 0 Å². The second-order valence-corrected chi connectivity index (χ2v) is 6.32. The van der Waals surface area contributed by atoms with Crippen molar-refractivity contribution in [2.75, 3.05) is 32.9 Å². The van der Waals surface area contributed by atoms with Gasteiger partial charge >= 0.3 is 0 Å². The molecule has 0 unspecified atom stereocenters. The molecule has 0 aliphatic carbocycles. The summed E-state index contributed by atoms with van der Waals surface area (Å²) in [5, 5.41) is 0. The van der Waals surface area contributed by atoms with Gasteiger partial charge in [0.05, 0.1) is 36.8 Å². The Morgan fingerprint density at radius 2 is 1.62 bits per heavy atom. The van der Waals surface area contributed by atoms with Gasteiger partial charge in [-0.2, -0.15) is 0 Å². The van der Waals surface area contributed by atoms with Gasteiger partial charge in [-0.25, -0.2) is 8.42 Å². The molecule has 0 N–H and O–H groups in total. The molecule has 1 saturated heterocycles. The van der Waals surface area contributed by atoms with Crippen molar-refractivity contribution in [1.29, 1.82) is 0 Å². The van der Waals surface area contributed by atoms with E-state index < -0.39 is 10.1 Å².